The number of ether oxygens (including phenoxy) is 1. The van der Waals surface area contributed by atoms with Crippen molar-refractivity contribution in [2.75, 3.05) is 12.3 Å². The van der Waals surface area contributed by atoms with Gasteiger partial charge in [-0.2, -0.15) is 0 Å². The SMILES string of the molecule is C[C@@]1(O)C(O)[C@H](n2cnc3c(N)ncnc32)O[C@@H]1COP(=O)(O)O. The standard InChI is InChI=1S/C11H16N5O7P/c1-11(18)5(2-22-24(19,20)21)23-10(7(11)17)16-4-15-6-8(12)13-3-14-9(6)16/h3-5,7,10,17-18H,2H2,1H3,(H2,12,13,14)(H2,19,20,21)/t5-,7?,10-,11+/m1/s1. The molecule has 0 aliphatic carbocycles. The fourth-order valence-electron chi connectivity index (χ4n) is 2.51. The molecule has 0 aromatic carbocycles. The van der Waals surface area contributed by atoms with Gasteiger partial charge < -0.3 is 30.5 Å². The lowest BCUT2D eigenvalue weighted by molar-refractivity contribution is -0.0792. The second-order valence-electron chi connectivity index (χ2n) is 5.56. The number of aliphatic hydroxyl groups excluding tert-OH is 1. The van der Waals surface area contributed by atoms with Crippen LogP contribution in [-0.4, -0.2) is 63.9 Å². The van der Waals surface area contributed by atoms with Crippen molar-refractivity contribution in [1.82, 2.24) is 19.5 Å². The molecule has 24 heavy (non-hydrogen) atoms. The summed E-state index contributed by atoms with van der Waals surface area (Å²) in [4.78, 5) is 29.4. The highest BCUT2D eigenvalue weighted by Gasteiger charge is 2.53. The summed E-state index contributed by atoms with van der Waals surface area (Å²) in [5.74, 6) is 0.138. The van der Waals surface area contributed by atoms with Crippen LogP contribution in [-0.2, 0) is 13.8 Å². The number of nitrogens with zero attached hydrogens (tertiary/aromatic N) is 4. The van der Waals surface area contributed by atoms with Crippen LogP contribution in [0.3, 0.4) is 0 Å². The number of fused-ring (bicyclic) bond motifs is 1. The van der Waals surface area contributed by atoms with Crippen molar-refractivity contribution in [3.8, 4) is 0 Å². The van der Waals surface area contributed by atoms with Gasteiger partial charge in [0, 0.05) is 0 Å². The maximum Gasteiger partial charge on any atom is 0.469 e. The molecule has 1 saturated heterocycles. The minimum absolute atomic E-state index is 0.138. The second-order valence-corrected chi connectivity index (χ2v) is 6.79. The number of aromatic nitrogens is 4. The molecule has 0 saturated carbocycles. The van der Waals surface area contributed by atoms with Gasteiger partial charge in [-0.05, 0) is 6.92 Å². The molecule has 3 rings (SSSR count). The van der Waals surface area contributed by atoms with Crippen molar-refractivity contribution in [2.45, 2.75) is 31.0 Å². The van der Waals surface area contributed by atoms with E-state index < -0.39 is 38.5 Å². The van der Waals surface area contributed by atoms with E-state index in [1.54, 1.807) is 0 Å². The summed E-state index contributed by atoms with van der Waals surface area (Å²) < 4.78 is 22.1. The van der Waals surface area contributed by atoms with E-state index in [9.17, 15) is 14.8 Å². The zero-order chi connectivity index (χ0) is 17.7. The quantitative estimate of drug-likeness (QED) is 0.400. The number of imidazole rings is 1. The first-order chi connectivity index (χ1) is 11.1. The number of hydrogen-bond acceptors (Lipinski definition) is 9. The first-order valence-electron chi connectivity index (χ1n) is 6.80. The van der Waals surface area contributed by atoms with Gasteiger partial charge in [-0.3, -0.25) is 9.09 Å². The van der Waals surface area contributed by atoms with E-state index in [0.29, 0.717) is 5.52 Å². The van der Waals surface area contributed by atoms with Crippen LogP contribution in [0.5, 0.6) is 0 Å². The van der Waals surface area contributed by atoms with Gasteiger partial charge in [-0.1, -0.05) is 0 Å². The van der Waals surface area contributed by atoms with Gasteiger partial charge >= 0.3 is 7.82 Å². The van der Waals surface area contributed by atoms with Crippen molar-refractivity contribution in [3.05, 3.63) is 12.7 Å². The summed E-state index contributed by atoms with van der Waals surface area (Å²) in [6.07, 6.45) is -1.21. The Kier molecular flexibility index (Phi) is 4.08. The number of phosphoric ester groups is 1. The fourth-order valence-corrected chi connectivity index (χ4v) is 2.84. The van der Waals surface area contributed by atoms with Gasteiger partial charge in [0.1, 0.15) is 29.7 Å². The van der Waals surface area contributed by atoms with Crippen molar-refractivity contribution in [2.24, 2.45) is 0 Å². The van der Waals surface area contributed by atoms with Gasteiger partial charge in [-0.25, -0.2) is 19.5 Å². The number of nitrogen functional groups attached to an aromatic ring is 1. The van der Waals surface area contributed by atoms with Crippen LogP contribution in [0.1, 0.15) is 13.2 Å². The van der Waals surface area contributed by atoms with E-state index in [2.05, 4.69) is 19.5 Å². The molecular weight excluding hydrogens is 345 g/mol. The van der Waals surface area contributed by atoms with Crippen LogP contribution in [0.15, 0.2) is 12.7 Å². The summed E-state index contributed by atoms with van der Waals surface area (Å²) in [5.41, 5.74) is 4.44. The average molecular weight is 361 g/mol. The Morgan fingerprint density at radius 1 is 1.46 bits per heavy atom. The van der Waals surface area contributed by atoms with Crippen molar-refractivity contribution >= 4 is 24.8 Å². The predicted octanol–water partition coefficient (Wildman–Crippen LogP) is -1.47. The third kappa shape index (κ3) is 2.89. The number of anilines is 1. The molecule has 6 N–H and O–H groups in total. The van der Waals surface area contributed by atoms with Gasteiger partial charge in [0.05, 0.1) is 12.9 Å². The number of phosphoric acid groups is 1. The first-order valence-corrected chi connectivity index (χ1v) is 8.33. The maximum absolute atomic E-state index is 10.8. The van der Waals surface area contributed by atoms with Crippen LogP contribution in [0, 0.1) is 0 Å². The number of nitrogens with two attached hydrogens (primary N) is 1. The monoisotopic (exact) mass is 361 g/mol. The molecule has 0 radical (unpaired) electrons. The molecule has 2 aromatic rings. The number of rotatable bonds is 4. The Labute approximate surface area is 135 Å². The second kappa shape index (κ2) is 5.70. The van der Waals surface area contributed by atoms with Crippen molar-refractivity contribution < 1.29 is 33.8 Å². The average Bonchev–Trinajstić information content (AvgIpc) is 2.99. The molecule has 1 fully saturated rings. The van der Waals surface area contributed by atoms with Gasteiger partial charge in [0.25, 0.3) is 0 Å². The zero-order valence-electron chi connectivity index (χ0n) is 12.4. The summed E-state index contributed by atoms with van der Waals surface area (Å²) in [7, 11) is -4.75. The number of aliphatic hydroxyl groups is 2. The molecule has 12 nitrogen and oxygen atoms in total. The lowest BCUT2D eigenvalue weighted by atomic mass is 9.95. The predicted molar refractivity (Wildman–Crippen MR) is 78.3 cm³/mol. The van der Waals surface area contributed by atoms with Crippen LogP contribution < -0.4 is 5.73 Å². The van der Waals surface area contributed by atoms with Gasteiger partial charge in [0.15, 0.2) is 17.7 Å². The molecular formula is C11H16N5O7P. The lowest BCUT2D eigenvalue weighted by Gasteiger charge is -2.26. The number of hydrogen-bond donors (Lipinski definition) is 5. The minimum atomic E-state index is -4.75. The molecule has 0 bridgehead atoms. The first kappa shape index (κ1) is 17.2. The molecule has 132 valence electrons. The minimum Gasteiger partial charge on any atom is -0.385 e. The summed E-state index contributed by atoms with van der Waals surface area (Å²) in [6.45, 7) is 0.655. The fraction of sp³-hybridized carbons (Fsp3) is 0.545. The van der Waals surface area contributed by atoms with Gasteiger partial charge in [-0.15, -0.1) is 0 Å². The molecule has 0 spiro atoms. The Balaban J connectivity index is 1.91. The lowest BCUT2D eigenvalue weighted by Crippen LogP contribution is -2.46. The zero-order valence-corrected chi connectivity index (χ0v) is 13.3. The van der Waals surface area contributed by atoms with Crippen LogP contribution in [0.4, 0.5) is 5.82 Å². The van der Waals surface area contributed by atoms with Crippen molar-refractivity contribution in [1.29, 1.82) is 0 Å². The Hall–Kier alpha value is -1.66. The highest BCUT2D eigenvalue weighted by Crippen LogP contribution is 2.42. The normalized spacial score (nSPS) is 31.0. The summed E-state index contributed by atoms with van der Waals surface area (Å²) >= 11 is 0. The van der Waals surface area contributed by atoms with E-state index in [-0.39, 0.29) is 11.5 Å². The molecule has 1 aliphatic heterocycles. The van der Waals surface area contributed by atoms with E-state index >= 15 is 0 Å². The molecule has 3 heterocycles. The smallest absolute Gasteiger partial charge is 0.385 e. The third-order valence-corrected chi connectivity index (χ3v) is 4.37. The van der Waals surface area contributed by atoms with E-state index in [1.807, 2.05) is 0 Å². The van der Waals surface area contributed by atoms with E-state index in [4.69, 9.17) is 20.3 Å². The van der Waals surface area contributed by atoms with Gasteiger partial charge in [0.2, 0.25) is 0 Å². The maximum atomic E-state index is 10.8. The van der Waals surface area contributed by atoms with E-state index in [1.165, 1.54) is 24.1 Å². The summed E-state index contributed by atoms with van der Waals surface area (Å²) in [5, 5.41) is 20.8. The molecule has 4 atom stereocenters. The molecule has 1 unspecified atom stereocenters. The highest BCUT2D eigenvalue weighted by atomic mass is 31.2. The Bertz CT molecular complexity index is 805. The highest BCUT2D eigenvalue weighted by molar-refractivity contribution is 7.46. The summed E-state index contributed by atoms with van der Waals surface area (Å²) in [6, 6.07) is 0. The molecule has 13 heteroatoms. The van der Waals surface area contributed by atoms with Crippen LogP contribution in [0.25, 0.3) is 11.2 Å². The van der Waals surface area contributed by atoms with Crippen molar-refractivity contribution in [3.63, 3.8) is 0 Å². The molecule has 1 aliphatic rings. The van der Waals surface area contributed by atoms with Crippen LogP contribution >= 0.6 is 7.82 Å². The largest absolute Gasteiger partial charge is 0.469 e. The van der Waals surface area contributed by atoms with Crippen LogP contribution in [0.2, 0.25) is 0 Å². The molecule has 2 aromatic heterocycles. The molecule has 0 amide bonds. The topological polar surface area (TPSA) is 186 Å². The third-order valence-electron chi connectivity index (χ3n) is 3.88. The van der Waals surface area contributed by atoms with E-state index in [0.717, 1.165) is 0 Å². The Morgan fingerprint density at radius 3 is 2.83 bits per heavy atom. The Morgan fingerprint density at radius 2 is 2.17 bits per heavy atom.